The standard InChI is InChI=1S/C10H14O/c1-2-3-6-9-7-4-5-8-10(9)11/h2-3,6,9H,1,4-5,7-8H2. The van der Waals surface area contributed by atoms with E-state index in [1.807, 2.05) is 12.2 Å². The average molecular weight is 150 g/mol. The SMILES string of the molecule is C=CC=CC1CCCCC1=O. The van der Waals surface area contributed by atoms with Crippen molar-refractivity contribution < 1.29 is 4.79 Å². The number of carbonyl (C=O) groups is 1. The third kappa shape index (κ3) is 2.34. The van der Waals surface area contributed by atoms with E-state index in [4.69, 9.17) is 0 Å². The Labute approximate surface area is 67.8 Å². The molecule has 0 amide bonds. The molecule has 0 bridgehead atoms. The van der Waals surface area contributed by atoms with Crippen molar-refractivity contribution in [3.63, 3.8) is 0 Å². The number of carbonyl (C=O) groups excluding carboxylic acids is 1. The van der Waals surface area contributed by atoms with Gasteiger partial charge in [0.25, 0.3) is 0 Å². The van der Waals surface area contributed by atoms with Crippen LogP contribution < -0.4 is 0 Å². The molecule has 1 rings (SSSR count). The Morgan fingerprint density at radius 3 is 2.91 bits per heavy atom. The second-order valence-corrected chi connectivity index (χ2v) is 2.94. The minimum absolute atomic E-state index is 0.182. The highest BCUT2D eigenvalue weighted by molar-refractivity contribution is 5.83. The highest BCUT2D eigenvalue weighted by Crippen LogP contribution is 2.21. The number of rotatable bonds is 2. The number of hydrogen-bond acceptors (Lipinski definition) is 1. The highest BCUT2D eigenvalue weighted by atomic mass is 16.1. The van der Waals surface area contributed by atoms with Gasteiger partial charge < -0.3 is 0 Å². The summed E-state index contributed by atoms with van der Waals surface area (Å²) in [6.45, 7) is 3.57. The van der Waals surface area contributed by atoms with E-state index < -0.39 is 0 Å². The van der Waals surface area contributed by atoms with Crippen molar-refractivity contribution in [3.8, 4) is 0 Å². The number of hydrogen-bond donors (Lipinski definition) is 0. The van der Waals surface area contributed by atoms with Gasteiger partial charge in [-0.05, 0) is 12.8 Å². The zero-order chi connectivity index (χ0) is 8.10. The molecule has 0 heterocycles. The van der Waals surface area contributed by atoms with Gasteiger partial charge in [-0.25, -0.2) is 0 Å². The fraction of sp³-hybridized carbons (Fsp3) is 0.500. The Kier molecular flexibility index (Phi) is 3.09. The molecule has 0 N–H and O–H groups in total. The van der Waals surface area contributed by atoms with E-state index >= 15 is 0 Å². The summed E-state index contributed by atoms with van der Waals surface area (Å²) in [7, 11) is 0. The third-order valence-corrected chi connectivity index (χ3v) is 2.08. The summed E-state index contributed by atoms with van der Waals surface area (Å²) in [5.41, 5.74) is 0. The monoisotopic (exact) mass is 150 g/mol. The first-order valence-corrected chi connectivity index (χ1v) is 4.16. The summed E-state index contributed by atoms with van der Waals surface area (Å²) in [6.07, 6.45) is 9.63. The Bertz CT molecular complexity index is 179. The summed E-state index contributed by atoms with van der Waals surface area (Å²) in [4.78, 5) is 11.2. The van der Waals surface area contributed by atoms with E-state index in [9.17, 15) is 4.79 Å². The molecule has 0 aromatic carbocycles. The molecule has 0 saturated heterocycles. The maximum atomic E-state index is 11.2. The fourth-order valence-corrected chi connectivity index (χ4v) is 1.43. The molecule has 0 aromatic heterocycles. The average Bonchev–Trinajstić information content (AvgIpc) is 2.03. The molecule has 0 aromatic rings. The highest BCUT2D eigenvalue weighted by Gasteiger charge is 2.18. The molecule has 0 aliphatic heterocycles. The third-order valence-electron chi connectivity index (χ3n) is 2.08. The molecule has 1 atom stereocenters. The van der Waals surface area contributed by atoms with E-state index in [-0.39, 0.29) is 5.92 Å². The Morgan fingerprint density at radius 1 is 1.45 bits per heavy atom. The van der Waals surface area contributed by atoms with Crippen LogP contribution in [0.2, 0.25) is 0 Å². The van der Waals surface area contributed by atoms with Crippen LogP contribution in [-0.4, -0.2) is 5.78 Å². The van der Waals surface area contributed by atoms with E-state index in [2.05, 4.69) is 6.58 Å². The van der Waals surface area contributed by atoms with E-state index in [0.717, 1.165) is 19.3 Å². The van der Waals surface area contributed by atoms with Crippen molar-refractivity contribution >= 4 is 5.78 Å². The zero-order valence-corrected chi connectivity index (χ0v) is 6.75. The molecule has 1 aliphatic rings. The number of ketones is 1. The van der Waals surface area contributed by atoms with Crippen LogP contribution in [0.25, 0.3) is 0 Å². The lowest BCUT2D eigenvalue weighted by molar-refractivity contribution is -0.122. The van der Waals surface area contributed by atoms with Gasteiger partial charge in [0.05, 0.1) is 0 Å². The summed E-state index contributed by atoms with van der Waals surface area (Å²) in [5, 5.41) is 0. The van der Waals surface area contributed by atoms with Crippen LogP contribution in [0.5, 0.6) is 0 Å². The van der Waals surface area contributed by atoms with Gasteiger partial charge >= 0.3 is 0 Å². The molecule has 1 aliphatic carbocycles. The lowest BCUT2D eigenvalue weighted by Crippen LogP contribution is -2.16. The molecule has 11 heavy (non-hydrogen) atoms. The van der Waals surface area contributed by atoms with Crippen molar-refractivity contribution in [2.45, 2.75) is 25.7 Å². The fourth-order valence-electron chi connectivity index (χ4n) is 1.43. The maximum Gasteiger partial charge on any atom is 0.139 e. The van der Waals surface area contributed by atoms with Crippen molar-refractivity contribution in [1.29, 1.82) is 0 Å². The summed E-state index contributed by atoms with van der Waals surface area (Å²) >= 11 is 0. The van der Waals surface area contributed by atoms with E-state index in [0.29, 0.717) is 5.78 Å². The van der Waals surface area contributed by atoms with Gasteiger partial charge in [-0.1, -0.05) is 31.2 Å². The molecule has 0 radical (unpaired) electrons. The maximum absolute atomic E-state index is 11.2. The summed E-state index contributed by atoms with van der Waals surface area (Å²) in [5.74, 6) is 0.580. The summed E-state index contributed by atoms with van der Waals surface area (Å²) < 4.78 is 0. The van der Waals surface area contributed by atoms with Gasteiger partial charge in [-0.2, -0.15) is 0 Å². The van der Waals surface area contributed by atoms with Crippen LogP contribution in [0, 0.1) is 5.92 Å². The van der Waals surface area contributed by atoms with Gasteiger partial charge in [0.2, 0.25) is 0 Å². The zero-order valence-electron chi connectivity index (χ0n) is 6.75. The van der Waals surface area contributed by atoms with Crippen LogP contribution >= 0.6 is 0 Å². The predicted molar refractivity (Wildman–Crippen MR) is 46.3 cm³/mol. The van der Waals surface area contributed by atoms with Crippen LogP contribution in [0.1, 0.15) is 25.7 Å². The number of Topliss-reactive ketones (excluding diaryl/α,β-unsaturated/α-hetero) is 1. The van der Waals surface area contributed by atoms with Gasteiger partial charge in [0.15, 0.2) is 0 Å². The van der Waals surface area contributed by atoms with Crippen molar-refractivity contribution in [2.75, 3.05) is 0 Å². The molecule has 1 saturated carbocycles. The molecule has 60 valence electrons. The second kappa shape index (κ2) is 4.12. The lowest BCUT2D eigenvalue weighted by Gasteiger charge is -2.16. The quantitative estimate of drug-likeness (QED) is 0.553. The topological polar surface area (TPSA) is 17.1 Å². The van der Waals surface area contributed by atoms with Crippen LogP contribution in [-0.2, 0) is 4.79 Å². The lowest BCUT2D eigenvalue weighted by atomic mass is 9.88. The molecular weight excluding hydrogens is 136 g/mol. The molecular formula is C10H14O. The minimum Gasteiger partial charge on any atom is -0.299 e. The minimum atomic E-state index is 0.182. The van der Waals surface area contributed by atoms with Crippen LogP contribution in [0.4, 0.5) is 0 Å². The van der Waals surface area contributed by atoms with E-state index in [1.54, 1.807) is 6.08 Å². The van der Waals surface area contributed by atoms with Crippen LogP contribution in [0.3, 0.4) is 0 Å². The summed E-state index contributed by atoms with van der Waals surface area (Å²) in [6, 6.07) is 0. The normalized spacial score (nSPS) is 25.8. The first-order chi connectivity index (χ1) is 5.34. The van der Waals surface area contributed by atoms with Gasteiger partial charge in [-0.3, -0.25) is 4.79 Å². The molecule has 1 unspecified atom stereocenters. The molecule has 1 fully saturated rings. The van der Waals surface area contributed by atoms with Crippen molar-refractivity contribution in [2.24, 2.45) is 5.92 Å². The molecule has 1 heteroatoms. The number of allylic oxidation sites excluding steroid dienone is 3. The van der Waals surface area contributed by atoms with Crippen molar-refractivity contribution in [1.82, 2.24) is 0 Å². The van der Waals surface area contributed by atoms with E-state index in [1.165, 1.54) is 6.42 Å². The van der Waals surface area contributed by atoms with Gasteiger partial charge in [0.1, 0.15) is 5.78 Å². The largest absolute Gasteiger partial charge is 0.299 e. The smallest absolute Gasteiger partial charge is 0.139 e. The second-order valence-electron chi connectivity index (χ2n) is 2.94. The van der Waals surface area contributed by atoms with Gasteiger partial charge in [0, 0.05) is 12.3 Å². The molecule has 1 nitrogen and oxygen atoms in total. The van der Waals surface area contributed by atoms with Crippen LogP contribution in [0.15, 0.2) is 24.8 Å². The van der Waals surface area contributed by atoms with Gasteiger partial charge in [-0.15, -0.1) is 0 Å². The Hall–Kier alpha value is -0.850. The van der Waals surface area contributed by atoms with Crippen molar-refractivity contribution in [3.05, 3.63) is 24.8 Å². The Morgan fingerprint density at radius 2 is 2.27 bits per heavy atom. The predicted octanol–water partition coefficient (Wildman–Crippen LogP) is 2.49. The first-order valence-electron chi connectivity index (χ1n) is 4.16. The molecule has 0 spiro atoms. The Balaban J connectivity index is 2.47. The first kappa shape index (κ1) is 8.25.